The second kappa shape index (κ2) is 4.59. The number of carbonyl (C=O) groups is 1. The average molecular weight is 264 g/mol. The van der Waals surface area contributed by atoms with E-state index in [4.69, 9.17) is 4.74 Å². The third kappa shape index (κ3) is 2.87. The summed E-state index contributed by atoms with van der Waals surface area (Å²) in [6.45, 7) is 8.41. The predicted octanol–water partition coefficient (Wildman–Crippen LogP) is 4.01. The van der Waals surface area contributed by atoms with Crippen LogP contribution in [0.2, 0.25) is 0 Å². The van der Waals surface area contributed by atoms with Gasteiger partial charge in [0.05, 0.1) is 0 Å². The number of halogens is 3. The number of ether oxygens (including phenoxy) is 1. The van der Waals surface area contributed by atoms with Crippen LogP contribution >= 0.6 is 0 Å². The lowest BCUT2D eigenvalue weighted by molar-refractivity contribution is -0.176. The van der Waals surface area contributed by atoms with Crippen LogP contribution in [0.5, 0.6) is 0 Å². The smallest absolute Gasteiger partial charge is 0.422 e. The van der Waals surface area contributed by atoms with Crippen LogP contribution in [-0.4, -0.2) is 17.7 Å². The van der Waals surface area contributed by atoms with Gasteiger partial charge in [0.15, 0.2) is 0 Å². The topological polar surface area (TPSA) is 26.3 Å². The third-order valence-corrected chi connectivity index (χ3v) is 3.65. The van der Waals surface area contributed by atoms with E-state index in [1.165, 1.54) is 0 Å². The van der Waals surface area contributed by atoms with Gasteiger partial charge in [0, 0.05) is 5.41 Å². The van der Waals surface area contributed by atoms with E-state index in [2.05, 4.69) is 6.58 Å². The van der Waals surface area contributed by atoms with Crippen molar-refractivity contribution in [1.29, 1.82) is 0 Å². The Labute approximate surface area is 105 Å². The molecule has 0 atom stereocenters. The molecule has 1 fully saturated rings. The zero-order valence-electron chi connectivity index (χ0n) is 11.0. The maximum absolute atomic E-state index is 12.4. The summed E-state index contributed by atoms with van der Waals surface area (Å²) in [6, 6.07) is 0. The van der Waals surface area contributed by atoms with E-state index in [-0.39, 0.29) is 5.41 Å². The summed E-state index contributed by atoms with van der Waals surface area (Å²) >= 11 is 0. The number of esters is 1. The molecule has 0 aromatic rings. The van der Waals surface area contributed by atoms with Crippen LogP contribution in [0.3, 0.4) is 0 Å². The molecule has 5 heteroatoms. The molecular weight excluding hydrogens is 245 g/mol. The molecule has 0 bridgehead atoms. The first-order valence-corrected chi connectivity index (χ1v) is 5.99. The van der Waals surface area contributed by atoms with Crippen LogP contribution in [0, 0.1) is 5.41 Å². The van der Waals surface area contributed by atoms with Crippen LogP contribution in [0.25, 0.3) is 0 Å². The second-order valence-electron chi connectivity index (χ2n) is 5.82. The van der Waals surface area contributed by atoms with Gasteiger partial charge in [0.2, 0.25) is 0 Å². The van der Waals surface area contributed by atoms with Gasteiger partial charge in [0.25, 0.3) is 0 Å². The Morgan fingerprint density at radius 3 is 1.94 bits per heavy atom. The van der Waals surface area contributed by atoms with Gasteiger partial charge in [-0.15, -0.1) is 0 Å². The molecule has 0 N–H and O–H groups in total. The highest BCUT2D eigenvalue weighted by atomic mass is 19.4. The molecule has 104 valence electrons. The van der Waals surface area contributed by atoms with Gasteiger partial charge in [-0.05, 0) is 25.7 Å². The average Bonchev–Trinajstić information content (AvgIpc) is 2.63. The number of hydrogen-bond acceptors (Lipinski definition) is 2. The molecule has 0 aromatic carbocycles. The van der Waals surface area contributed by atoms with Gasteiger partial charge in [-0.3, -0.25) is 0 Å². The van der Waals surface area contributed by atoms with E-state index < -0.39 is 23.3 Å². The lowest BCUT2D eigenvalue weighted by Gasteiger charge is -2.41. The zero-order chi connectivity index (χ0) is 14.2. The molecule has 18 heavy (non-hydrogen) atoms. The van der Waals surface area contributed by atoms with Gasteiger partial charge in [0.1, 0.15) is 11.2 Å². The summed E-state index contributed by atoms with van der Waals surface area (Å²) in [5, 5.41) is 0. The lowest BCUT2D eigenvalue weighted by atomic mass is 9.75. The van der Waals surface area contributed by atoms with Crippen LogP contribution < -0.4 is 0 Å². The molecule has 1 aliphatic carbocycles. The Morgan fingerprint density at radius 1 is 1.17 bits per heavy atom. The van der Waals surface area contributed by atoms with Crippen molar-refractivity contribution in [3.05, 3.63) is 12.2 Å². The van der Waals surface area contributed by atoms with Crippen LogP contribution in [-0.2, 0) is 9.53 Å². The van der Waals surface area contributed by atoms with E-state index >= 15 is 0 Å². The maximum atomic E-state index is 12.4. The second-order valence-corrected chi connectivity index (χ2v) is 5.82. The van der Waals surface area contributed by atoms with Crippen molar-refractivity contribution >= 4 is 5.97 Å². The summed E-state index contributed by atoms with van der Waals surface area (Å²) in [6.07, 6.45) is -1.79. The monoisotopic (exact) mass is 264 g/mol. The molecule has 0 unspecified atom stereocenters. The molecule has 0 amide bonds. The Morgan fingerprint density at radius 2 is 1.61 bits per heavy atom. The summed E-state index contributed by atoms with van der Waals surface area (Å²) in [5.41, 5.74) is -2.62. The molecule has 2 nitrogen and oxygen atoms in total. The fourth-order valence-corrected chi connectivity index (χ4v) is 2.31. The molecule has 1 aliphatic rings. The Bertz CT molecular complexity index is 344. The van der Waals surface area contributed by atoms with E-state index in [0.29, 0.717) is 12.8 Å². The van der Waals surface area contributed by atoms with Crippen molar-refractivity contribution < 1.29 is 22.7 Å². The highest BCUT2D eigenvalue weighted by Gasteiger charge is 2.49. The first-order chi connectivity index (χ1) is 8.00. The van der Waals surface area contributed by atoms with Crippen molar-refractivity contribution in [3.63, 3.8) is 0 Å². The SMILES string of the molecule is C=C(C(=O)OC1(C(C)(C)C)CCCC1)C(F)(F)F. The molecule has 1 saturated carbocycles. The van der Waals surface area contributed by atoms with Crippen molar-refractivity contribution in [2.24, 2.45) is 5.41 Å². The van der Waals surface area contributed by atoms with E-state index in [0.717, 1.165) is 12.8 Å². The van der Waals surface area contributed by atoms with E-state index in [1.807, 2.05) is 20.8 Å². The highest BCUT2D eigenvalue weighted by Crippen LogP contribution is 2.47. The fraction of sp³-hybridized carbons (Fsp3) is 0.769. The fourth-order valence-electron chi connectivity index (χ4n) is 2.31. The minimum absolute atomic E-state index is 0.384. The zero-order valence-corrected chi connectivity index (χ0v) is 11.0. The number of alkyl halides is 3. The molecule has 0 aliphatic heterocycles. The molecular formula is C13H19F3O2. The molecule has 0 spiro atoms. The third-order valence-electron chi connectivity index (χ3n) is 3.65. The van der Waals surface area contributed by atoms with Crippen molar-refractivity contribution in [2.75, 3.05) is 0 Å². The molecule has 0 heterocycles. The lowest BCUT2D eigenvalue weighted by Crippen LogP contribution is -2.45. The van der Waals surface area contributed by atoms with Crippen LogP contribution in [0.4, 0.5) is 13.2 Å². The van der Waals surface area contributed by atoms with Gasteiger partial charge in [-0.25, -0.2) is 4.79 Å². The summed E-state index contributed by atoms with van der Waals surface area (Å²) < 4.78 is 42.4. The van der Waals surface area contributed by atoms with Crippen LogP contribution in [0.15, 0.2) is 12.2 Å². The van der Waals surface area contributed by atoms with Gasteiger partial charge in [-0.2, -0.15) is 13.2 Å². The molecule has 1 rings (SSSR count). The highest BCUT2D eigenvalue weighted by molar-refractivity contribution is 5.89. The Hall–Kier alpha value is -1.00. The van der Waals surface area contributed by atoms with Gasteiger partial charge < -0.3 is 4.74 Å². The summed E-state index contributed by atoms with van der Waals surface area (Å²) in [5.74, 6) is -1.35. The standard InChI is InChI=1S/C13H19F3O2/c1-9(13(14,15)16)10(17)18-12(11(2,3)4)7-5-6-8-12/h1,5-8H2,2-4H3. The number of carbonyl (C=O) groups excluding carboxylic acids is 1. The summed E-state index contributed by atoms with van der Waals surface area (Å²) in [4.78, 5) is 11.6. The van der Waals surface area contributed by atoms with Crippen molar-refractivity contribution in [3.8, 4) is 0 Å². The minimum atomic E-state index is -4.73. The first kappa shape index (κ1) is 15.1. The van der Waals surface area contributed by atoms with Crippen molar-refractivity contribution in [1.82, 2.24) is 0 Å². The van der Waals surface area contributed by atoms with E-state index in [9.17, 15) is 18.0 Å². The largest absolute Gasteiger partial charge is 0.455 e. The minimum Gasteiger partial charge on any atom is -0.455 e. The molecule has 0 saturated heterocycles. The number of hydrogen-bond donors (Lipinski definition) is 0. The van der Waals surface area contributed by atoms with Crippen LogP contribution in [0.1, 0.15) is 46.5 Å². The molecule has 0 aromatic heterocycles. The van der Waals surface area contributed by atoms with Gasteiger partial charge >= 0.3 is 12.1 Å². The quantitative estimate of drug-likeness (QED) is 0.556. The normalized spacial score (nSPS) is 19.7. The first-order valence-electron chi connectivity index (χ1n) is 5.99. The maximum Gasteiger partial charge on any atom is 0.422 e. The Kier molecular flexibility index (Phi) is 3.84. The van der Waals surface area contributed by atoms with Crippen molar-refractivity contribution in [2.45, 2.75) is 58.2 Å². The molecule has 0 radical (unpaired) electrons. The van der Waals surface area contributed by atoms with Gasteiger partial charge in [-0.1, -0.05) is 27.4 Å². The summed E-state index contributed by atoms with van der Waals surface area (Å²) in [7, 11) is 0. The number of rotatable bonds is 2. The predicted molar refractivity (Wildman–Crippen MR) is 61.9 cm³/mol. The van der Waals surface area contributed by atoms with E-state index in [1.54, 1.807) is 0 Å². The Balaban J connectivity index is 2.87.